The number of nitrogens with zero attached hydrogens (tertiary/aromatic N) is 1. The Morgan fingerprint density at radius 1 is 0.811 bits per heavy atom. The normalized spacial score (nSPS) is 15.7. The van der Waals surface area contributed by atoms with Gasteiger partial charge in [0.25, 0.3) is 5.91 Å². The van der Waals surface area contributed by atoms with Crippen molar-refractivity contribution in [2.45, 2.75) is 24.8 Å². The molecule has 0 aliphatic carbocycles. The largest absolute Gasteiger partial charge is 0.489 e. The van der Waals surface area contributed by atoms with Gasteiger partial charge in [-0.2, -0.15) is 0 Å². The van der Waals surface area contributed by atoms with Gasteiger partial charge in [0.1, 0.15) is 18.4 Å². The van der Waals surface area contributed by atoms with E-state index in [1.807, 2.05) is 91.0 Å². The number of rotatable bonds is 9. The fourth-order valence-electron chi connectivity index (χ4n) is 4.50. The maximum atomic E-state index is 13.8. The Morgan fingerprint density at radius 2 is 1.35 bits per heavy atom. The molecular formula is C31H28N2O4. The first-order valence-corrected chi connectivity index (χ1v) is 12.3. The molecule has 0 spiro atoms. The molecule has 1 saturated heterocycles. The summed E-state index contributed by atoms with van der Waals surface area (Å²) in [7, 11) is 0. The van der Waals surface area contributed by atoms with Gasteiger partial charge in [-0.25, -0.2) is 0 Å². The summed E-state index contributed by atoms with van der Waals surface area (Å²) in [6, 6.07) is 35.2. The molecule has 0 radical (unpaired) electrons. The van der Waals surface area contributed by atoms with Crippen LogP contribution in [0.1, 0.15) is 34.3 Å². The zero-order chi connectivity index (χ0) is 25.6. The number of aliphatic hydroxyl groups excluding tert-OH is 1. The fraction of sp³-hybridized carbons (Fsp3) is 0.161. The van der Waals surface area contributed by atoms with Crippen LogP contribution in [0.25, 0.3) is 0 Å². The van der Waals surface area contributed by atoms with Gasteiger partial charge in [0.2, 0.25) is 5.91 Å². The Kier molecular flexibility index (Phi) is 7.28. The van der Waals surface area contributed by atoms with Crippen molar-refractivity contribution in [3.63, 3.8) is 0 Å². The van der Waals surface area contributed by atoms with Crippen molar-refractivity contribution in [2.75, 3.05) is 6.54 Å². The standard InChI is InChI=1S/C31H28N2O4/c34-27-20-33(31(27)36)29(25-16-18-26(19-17-25)37-21-22-10-4-1-5-11-22)30(35)32-28(23-12-6-2-7-13-23)24-14-8-3-9-15-24/h1-19,27-29,34H,20-21H2,(H,32,35)/t27-,29?/m0/s1. The summed E-state index contributed by atoms with van der Waals surface area (Å²) >= 11 is 0. The van der Waals surface area contributed by atoms with Crippen LogP contribution in [-0.4, -0.2) is 34.5 Å². The minimum absolute atomic E-state index is 0.102. The number of β-amino-alcohol motifs (C(OH)–C–C–N with tert-alkyl or cyclic N) is 1. The van der Waals surface area contributed by atoms with Crippen molar-refractivity contribution in [3.8, 4) is 5.75 Å². The molecule has 2 amide bonds. The first kappa shape index (κ1) is 24.3. The van der Waals surface area contributed by atoms with E-state index in [0.29, 0.717) is 17.9 Å². The lowest BCUT2D eigenvalue weighted by atomic mass is 9.95. The van der Waals surface area contributed by atoms with E-state index in [9.17, 15) is 14.7 Å². The van der Waals surface area contributed by atoms with Crippen LogP contribution in [0, 0.1) is 0 Å². The summed E-state index contributed by atoms with van der Waals surface area (Å²) in [5.41, 5.74) is 3.56. The van der Waals surface area contributed by atoms with Gasteiger partial charge in [0.05, 0.1) is 12.6 Å². The molecule has 2 atom stereocenters. The highest BCUT2D eigenvalue weighted by atomic mass is 16.5. The fourth-order valence-corrected chi connectivity index (χ4v) is 4.50. The summed E-state index contributed by atoms with van der Waals surface area (Å²) in [5.74, 6) is -0.121. The quantitative estimate of drug-likeness (QED) is 0.339. The van der Waals surface area contributed by atoms with E-state index >= 15 is 0 Å². The number of amides is 2. The van der Waals surface area contributed by atoms with E-state index < -0.39 is 24.1 Å². The lowest BCUT2D eigenvalue weighted by Crippen LogP contribution is -2.60. The van der Waals surface area contributed by atoms with Gasteiger partial charge in [-0.1, -0.05) is 103 Å². The third-order valence-electron chi connectivity index (χ3n) is 6.49. The van der Waals surface area contributed by atoms with E-state index in [1.165, 1.54) is 4.90 Å². The van der Waals surface area contributed by atoms with Crippen LogP contribution < -0.4 is 10.1 Å². The number of hydrogen-bond donors (Lipinski definition) is 2. The lowest BCUT2D eigenvalue weighted by Gasteiger charge is -2.41. The Balaban J connectivity index is 1.39. The van der Waals surface area contributed by atoms with Crippen molar-refractivity contribution in [1.82, 2.24) is 10.2 Å². The molecule has 5 rings (SSSR count). The van der Waals surface area contributed by atoms with Gasteiger partial charge in [-0.15, -0.1) is 0 Å². The van der Waals surface area contributed by atoms with Gasteiger partial charge >= 0.3 is 0 Å². The molecule has 0 bridgehead atoms. The smallest absolute Gasteiger partial charge is 0.254 e. The van der Waals surface area contributed by atoms with E-state index in [4.69, 9.17) is 4.74 Å². The Morgan fingerprint density at radius 3 is 1.86 bits per heavy atom. The van der Waals surface area contributed by atoms with E-state index in [0.717, 1.165) is 16.7 Å². The summed E-state index contributed by atoms with van der Waals surface area (Å²) in [6.45, 7) is 0.529. The average molecular weight is 493 g/mol. The average Bonchev–Trinajstić information content (AvgIpc) is 2.96. The molecular weight excluding hydrogens is 464 g/mol. The Labute approximate surface area is 216 Å². The number of nitrogens with one attached hydrogen (secondary N) is 1. The van der Waals surface area contributed by atoms with E-state index in [2.05, 4.69) is 5.32 Å². The SMILES string of the molecule is O=C(NC(c1ccccc1)c1ccccc1)C(c1ccc(OCc2ccccc2)cc1)N1C[C@H](O)C1=O. The van der Waals surface area contributed by atoms with Crippen molar-refractivity contribution in [2.24, 2.45) is 0 Å². The predicted octanol–water partition coefficient (Wildman–Crippen LogP) is 4.42. The topological polar surface area (TPSA) is 78.9 Å². The second kappa shape index (κ2) is 11.1. The first-order valence-electron chi connectivity index (χ1n) is 12.3. The molecule has 1 aliphatic heterocycles. The summed E-state index contributed by atoms with van der Waals surface area (Å²) in [6.07, 6.45) is -1.08. The Bertz CT molecular complexity index is 1290. The number of β-lactam (4-membered cyclic amide) rings is 1. The zero-order valence-corrected chi connectivity index (χ0v) is 20.2. The van der Waals surface area contributed by atoms with Gasteiger partial charge in [-0.05, 0) is 34.4 Å². The maximum Gasteiger partial charge on any atom is 0.254 e. The first-order chi connectivity index (χ1) is 18.1. The third kappa shape index (κ3) is 5.55. The van der Waals surface area contributed by atoms with Crippen molar-refractivity contribution in [1.29, 1.82) is 0 Å². The summed E-state index contributed by atoms with van der Waals surface area (Å²) < 4.78 is 5.89. The number of ether oxygens (including phenoxy) is 1. The van der Waals surface area contributed by atoms with Crippen LogP contribution in [0.3, 0.4) is 0 Å². The molecule has 2 N–H and O–H groups in total. The number of carbonyl (C=O) groups is 2. The number of carbonyl (C=O) groups excluding carboxylic acids is 2. The molecule has 37 heavy (non-hydrogen) atoms. The maximum absolute atomic E-state index is 13.8. The molecule has 1 unspecified atom stereocenters. The van der Waals surface area contributed by atoms with Gasteiger partial charge < -0.3 is 20.1 Å². The zero-order valence-electron chi connectivity index (χ0n) is 20.2. The summed E-state index contributed by atoms with van der Waals surface area (Å²) in [4.78, 5) is 27.7. The van der Waals surface area contributed by atoms with Crippen molar-refractivity contribution < 1.29 is 19.4 Å². The number of aliphatic hydroxyl groups is 1. The lowest BCUT2D eigenvalue weighted by molar-refractivity contribution is -0.163. The van der Waals surface area contributed by atoms with Crippen LogP contribution in [0.15, 0.2) is 115 Å². The minimum atomic E-state index is -1.08. The van der Waals surface area contributed by atoms with Crippen molar-refractivity contribution in [3.05, 3.63) is 138 Å². The molecule has 4 aromatic carbocycles. The molecule has 1 fully saturated rings. The second-order valence-corrected chi connectivity index (χ2v) is 9.02. The van der Waals surface area contributed by atoms with E-state index in [-0.39, 0.29) is 12.5 Å². The minimum Gasteiger partial charge on any atom is -0.489 e. The van der Waals surface area contributed by atoms with Gasteiger partial charge in [0, 0.05) is 0 Å². The molecule has 0 saturated carbocycles. The van der Waals surface area contributed by atoms with Crippen molar-refractivity contribution >= 4 is 11.8 Å². The molecule has 6 nitrogen and oxygen atoms in total. The molecule has 1 aliphatic rings. The van der Waals surface area contributed by atoms with Gasteiger partial charge in [-0.3, -0.25) is 9.59 Å². The van der Waals surface area contributed by atoms with Gasteiger partial charge in [0.15, 0.2) is 6.10 Å². The Hall–Kier alpha value is -4.42. The van der Waals surface area contributed by atoms with Crippen LogP contribution in [0.4, 0.5) is 0 Å². The third-order valence-corrected chi connectivity index (χ3v) is 6.49. The van der Waals surface area contributed by atoms with Crippen LogP contribution >= 0.6 is 0 Å². The van der Waals surface area contributed by atoms with Crippen LogP contribution in [-0.2, 0) is 16.2 Å². The highest BCUT2D eigenvalue weighted by molar-refractivity contribution is 5.94. The monoisotopic (exact) mass is 492 g/mol. The highest BCUT2D eigenvalue weighted by Gasteiger charge is 2.43. The molecule has 186 valence electrons. The molecule has 0 aromatic heterocycles. The molecule has 6 heteroatoms. The van der Waals surface area contributed by atoms with Crippen LogP contribution in [0.5, 0.6) is 5.75 Å². The predicted molar refractivity (Wildman–Crippen MR) is 141 cm³/mol. The number of hydrogen-bond acceptors (Lipinski definition) is 4. The van der Waals surface area contributed by atoms with E-state index in [1.54, 1.807) is 24.3 Å². The summed E-state index contributed by atoms with van der Waals surface area (Å²) in [5, 5.41) is 13.0. The second-order valence-electron chi connectivity index (χ2n) is 9.02. The number of benzene rings is 4. The molecule has 1 heterocycles. The van der Waals surface area contributed by atoms with Crippen LogP contribution in [0.2, 0.25) is 0 Å². The number of likely N-dealkylation sites (tertiary alicyclic amines) is 1. The molecule has 4 aromatic rings. The highest BCUT2D eigenvalue weighted by Crippen LogP contribution is 2.31.